The van der Waals surface area contributed by atoms with Crippen LogP contribution in [0.4, 0.5) is 5.69 Å². The Bertz CT molecular complexity index is 2500. The molecule has 0 radical (unpaired) electrons. The predicted molar refractivity (Wildman–Crippen MR) is 232 cm³/mol. The number of phenolic OH excluding ortho intramolecular Hbond substituents is 1. The van der Waals surface area contributed by atoms with E-state index in [1.807, 2.05) is 19.1 Å². The molecule has 2 aromatic rings. The summed E-state index contributed by atoms with van der Waals surface area (Å²) in [6.07, 6.45) is 9.20. The summed E-state index contributed by atoms with van der Waals surface area (Å²) in [5, 5.41) is 48.3. The summed E-state index contributed by atoms with van der Waals surface area (Å²) in [6, 6.07) is 3.87. The van der Waals surface area contributed by atoms with Gasteiger partial charge in [-0.3, -0.25) is 14.4 Å². The first kappa shape index (κ1) is 44.0. The van der Waals surface area contributed by atoms with E-state index in [-0.39, 0.29) is 50.4 Å². The van der Waals surface area contributed by atoms with Gasteiger partial charge in [0, 0.05) is 54.2 Å². The molecule has 7 rings (SSSR count). The predicted octanol–water partition coefficient (Wildman–Crippen LogP) is 7.73. The van der Waals surface area contributed by atoms with E-state index < -0.39 is 76.7 Å². The second kappa shape index (κ2) is 17.0. The van der Waals surface area contributed by atoms with Crippen LogP contribution < -0.4 is 15.5 Å². The van der Waals surface area contributed by atoms with E-state index in [1.54, 1.807) is 46.8 Å². The van der Waals surface area contributed by atoms with Crippen molar-refractivity contribution in [1.82, 2.24) is 4.98 Å². The topological polar surface area (TPSA) is 198 Å². The number of aromatic nitrogens is 1. The van der Waals surface area contributed by atoms with Gasteiger partial charge in [-0.25, -0.2) is 4.98 Å². The van der Waals surface area contributed by atoms with Gasteiger partial charge in [0.15, 0.2) is 11.3 Å². The van der Waals surface area contributed by atoms with Crippen LogP contribution in [0.25, 0.3) is 33.3 Å². The highest BCUT2D eigenvalue weighted by molar-refractivity contribution is 6.22. The first-order valence-electron chi connectivity index (χ1n) is 21.3. The molecule has 326 valence electrons. The lowest BCUT2D eigenvalue weighted by Gasteiger charge is -2.36. The zero-order valence-electron chi connectivity index (χ0n) is 36.4. The quantitative estimate of drug-likeness (QED) is 0.0974. The molecule has 1 amide bonds. The van der Waals surface area contributed by atoms with E-state index in [1.165, 1.54) is 45.8 Å². The molecule has 5 aliphatic rings. The highest BCUT2D eigenvalue weighted by Gasteiger charge is 2.50. The van der Waals surface area contributed by atoms with Gasteiger partial charge in [-0.05, 0) is 68.9 Å². The molecular weight excluding hydrogens is 781 g/mol. The van der Waals surface area contributed by atoms with Crippen LogP contribution in [0.5, 0.6) is 11.5 Å². The number of carbonyl (C=O) groups excluding carboxylic acids is 2. The standard InChI is InChI=1S/C48H58N2O11/c1-22-14-13-15-23(2)47(57)50-38-43(55)35-34(37-45(38)60-33-20-24(3)30(21-31(33)49-37)29-16-11-10-12-17-29)36-44(28(7)42(35)54)61-48(8,46(36)56)59-19-18-32(58-9)25(4)40(52)27(6)41(53)26(5)39(22)51/h13-15,18-22,25-27,29,32,39-41,51-54H,10-12,16-17H2,1-9H3,(H,50,57)/b14-13+,19-18+,23-15-/t22-,25+,26+,27-,32-,39-,40+,41+,48-/m0/s1. The number of aliphatic hydroxyl groups excluding tert-OH is 3. The molecule has 13 nitrogen and oxygen atoms in total. The molecule has 13 heteroatoms. The molecule has 9 atom stereocenters. The van der Waals surface area contributed by atoms with E-state index in [2.05, 4.69) is 5.32 Å². The number of aryl methyl sites for hydroxylation is 1. The number of rotatable bonds is 2. The molecule has 3 aliphatic heterocycles. The Kier molecular flexibility index (Phi) is 12.3. The molecule has 0 saturated heterocycles. The number of fused-ring (bicyclic) bond motifs is 2. The van der Waals surface area contributed by atoms with Crippen LogP contribution in [-0.4, -0.2) is 74.4 Å². The van der Waals surface area contributed by atoms with Crippen molar-refractivity contribution >= 4 is 39.2 Å². The zero-order chi connectivity index (χ0) is 44.2. The summed E-state index contributed by atoms with van der Waals surface area (Å²) in [7, 11) is 1.46. The summed E-state index contributed by atoms with van der Waals surface area (Å²) in [4.78, 5) is 48.4. The van der Waals surface area contributed by atoms with Crippen molar-refractivity contribution in [3.63, 3.8) is 0 Å². The average molecular weight is 839 g/mol. The van der Waals surface area contributed by atoms with Crippen LogP contribution in [0.2, 0.25) is 0 Å². The lowest BCUT2D eigenvalue weighted by molar-refractivity contribution is -0.112. The number of carbonyl (C=O) groups is 2. The number of aromatic hydroxyl groups is 1. The molecule has 0 aromatic heterocycles. The van der Waals surface area contributed by atoms with Gasteiger partial charge >= 0.3 is 5.79 Å². The van der Waals surface area contributed by atoms with Gasteiger partial charge in [0.05, 0.1) is 41.6 Å². The number of phenols is 1. The van der Waals surface area contributed by atoms with Gasteiger partial charge in [0.25, 0.3) is 11.7 Å². The van der Waals surface area contributed by atoms with Crippen molar-refractivity contribution in [2.45, 2.75) is 124 Å². The second-order valence-corrected chi connectivity index (χ2v) is 17.7. The maximum Gasteiger partial charge on any atom is 0.312 e. The Morgan fingerprint density at radius 2 is 1.56 bits per heavy atom. The van der Waals surface area contributed by atoms with Gasteiger partial charge in [-0.1, -0.05) is 65.2 Å². The van der Waals surface area contributed by atoms with Crippen molar-refractivity contribution in [3.8, 4) is 23.0 Å². The van der Waals surface area contributed by atoms with Crippen molar-refractivity contribution < 1.29 is 48.6 Å². The third-order valence-corrected chi connectivity index (χ3v) is 13.5. The number of benzene rings is 3. The third-order valence-electron chi connectivity index (χ3n) is 13.5. The number of allylic oxidation sites excluding steroid dienone is 2. The van der Waals surface area contributed by atoms with Crippen LogP contribution in [0.15, 0.2) is 57.5 Å². The number of ketones is 1. The van der Waals surface area contributed by atoms with Crippen molar-refractivity contribution in [2.24, 2.45) is 23.7 Å². The number of nitrogens with one attached hydrogen (secondary N) is 1. The smallest absolute Gasteiger partial charge is 0.312 e. The fraction of sp³-hybridized carbons (Fsp3) is 0.500. The molecule has 3 heterocycles. The molecule has 0 unspecified atom stereocenters. The van der Waals surface area contributed by atoms with Gasteiger partial charge in [0.1, 0.15) is 28.4 Å². The summed E-state index contributed by atoms with van der Waals surface area (Å²) in [5.74, 6) is -5.91. The Morgan fingerprint density at radius 3 is 2.25 bits per heavy atom. The number of Topliss-reactive ketones (excluding diaryl/α,β-unsaturated/α-hetero) is 1. The number of hydrogen-bond acceptors (Lipinski definition) is 12. The van der Waals surface area contributed by atoms with E-state index in [0.29, 0.717) is 17.0 Å². The van der Waals surface area contributed by atoms with E-state index in [4.69, 9.17) is 23.6 Å². The van der Waals surface area contributed by atoms with Crippen LogP contribution in [0, 0.1) is 37.5 Å². The minimum Gasteiger partial charge on any atom is -0.507 e. The van der Waals surface area contributed by atoms with Crippen LogP contribution in [0.1, 0.15) is 107 Å². The van der Waals surface area contributed by atoms with Crippen LogP contribution in [0.3, 0.4) is 0 Å². The number of hydrogen-bond donors (Lipinski definition) is 5. The third kappa shape index (κ3) is 7.75. The average Bonchev–Trinajstić information content (AvgIpc) is 3.51. The largest absolute Gasteiger partial charge is 0.507 e. The molecule has 2 aliphatic carbocycles. The number of aliphatic hydroxyl groups is 3. The Labute approximate surface area is 355 Å². The Morgan fingerprint density at radius 1 is 0.885 bits per heavy atom. The van der Waals surface area contributed by atoms with Crippen LogP contribution >= 0.6 is 0 Å². The highest BCUT2D eigenvalue weighted by Crippen LogP contribution is 2.51. The summed E-state index contributed by atoms with van der Waals surface area (Å²) in [5.41, 5.74) is 2.24. The minimum atomic E-state index is -1.99. The molecule has 2 aromatic carbocycles. The van der Waals surface area contributed by atoms with Gasteiger partial charge < -0.3 is 44.4 Å². The number of nitrogens with zero attached hydrogens (tertiary/aromatic N) is 1. The first-order chi connectivity index (χ1) is 28.9. The first-order valence-corrected chi connectivity index (χ1v) is 21.3. The van der Waals surface area contributed by atoms with Gasteiger partial charge in [-0.15, -0.1) is 0 Å². The highest BCUT2D eigenvalue weighted by atomic mass is 16.7. The maximum absolute atomic E-state index is 14.7. The van der Waals surface area contributed by atoms with Crippen molar-refractivity contribution in [2.75, 3.05) is 12.4 Å². The molecule has 4 bridgehead atoms. The SMILES string of the molecule is CO[C@H]1/C=C/O[C@@]2(C)Oc3c(C)c(O)c4c(=O)c(c5oc6cc(C)c(C7CCCCC7)cc6nc-5c4c3C2=O)NC(=O)/C(C)=C\C=C\[C@H](C)[C@H](O)[C@@H](C)[C@@H](O)[C@@H](C)[C@H](O)[C@@H]1C. The summed E-state index contributed by atoms with van der Waals surface area (Å²) in [6.45, 7) is 13.4. The molecular formula is C48H58N2O11. The van der Waals surface area contributed by atoms with E-state index >= 15 is 0 Å². The van der Waals surface area contributed by atoms with Crippen molar-refractivity contribution in [3.05, 3.63) is 80.7 Å². The number of anilines is 1. The summed E-state index contributed by atoms with van der Waals surface area (Å²) >= 11 is 0. The summed E-state index contributed by atoms with van der Waals surface area (Å²) < 4.78 is 24.6. The van der Waals surface area contributed by atoms with E-state index in [0.717, 1.165) is 36.8 Å². The molecule has 1 fully saturated rings. The minimum absolute atomic E-state index is 0.00593. The molecule has 5 N–H and O–H groups in total. The molecule has 0 spiro atoms. The lowest BCUT2D eigenvalue weighted by Crippen LogP contribution is -2.44. The number of methoxy groups -OCH3 is 1. The fourth-order valence-electron chi connectivity index (χ4n) is 9.43. The van der Waals surface area contributed by atoms with Crippen LogP contribution in [-0.2, 0) is 14.3 Å². The van der Waals surface area contributed by atoms with E-state index in [9.17, 15) is 34.8 Å². The van der Waals surface area contributed by atoms with Crippen molar-refractivity contribution in [1.29, 1.82) is 0 Å². The number of ether oxygens (including phenoxy) is 3. The fourth-order valence-corrected chi connectivity index (χ4v) is 9.43. The number of amides is 1. The zero-order valence-corrected chi connectivity index (χ0v) is 36.4. The monoisotopic (exact) mass is 838 g/mol. The van der Waals surface area contributed by atoms with Gasteiger partial charge in [0.2, 0.25) is 5.43 Å². The lowest BCUT2D eigenvalue weighted by atomic mass is 9.78. The second-order valence-electron chi connectivity index (χ2n) is 17.7. The Balaban J connectivity index is 1.46. The Hall–Kier alpha value is -5.08. The van der Waals surface area contributed by atoms with Gasteiger partial charge in [-0.2, -0.15) is 0 Å². The maximum atomic E-state index is 14.7. The molecule has 1 saturated carbocycles. The normalized spacial score (nSPS) is 31.5. The molecule has 61 heavy (non-hydrogen) atoms.